The molecular weight excluding hydrogens is 329 g/mol. The Bertz CT molecular complexity index is 860. The number of carbonyl (C=O) groups is 2. The largest absolute Gasteiger partial charge is 0.423 e. The quantitative estimate of drug-likeness (QED) is 0.567. The Morgan fingerprint density at radius 3 is 2.38 bits per heavy atom. The number of halogens is 1. The number of hydrogen-bond donors (Lipinski definition) is 1. The molecule has 1 heterocycles. The van der Waals surface area contributed by atoms with E-state index in [-0.39, 0.29) is 17.2 Å². The monoisotopic (exact) mass is 341 g/mol. The van der Waals surface area contributed by atoms with Crippen LogP contribution in [0.15, 0.2) is 66.0 Å². The zero-order chi connectivity index (χ0) is 16.9. The summed E-state index contributed by atoms with van der Waals surface area (Å²) in [5, 5.41) is 4.56. The Morgan fingerprint density at radius 2 is 1.71 bits per heavy atom. The molecule has 6 heteroatoms. The molecule has 2 aromatic carbocycles. The van der Waals surface area contributed by atoms with Crippen molar-refractivity contribution in [3.8, 4) is 5.75 Å². The van der Waals surface area contributed by atoms with Crippen LogP contribution in [-0.2, 0) is 0 Å². The van der Waals surface area contributed by atoms with Crippen molar-refractivity contribution in [2.24, 2.45) is 0 Å². The van der Waals surface area contributed by atoms with Crippen LogP contribution < -0.4 is 10.1 Å². The van der Waals surface area contributed by atoms with Crippen LogP contribution in [0.2, 0.25) is 0 Å². The second-order valence-electron chi connectivity index (χ2n) is 4.83. The first kappa shape index (κ1) is 15.9. The molecule has 4 nitrogen and oxygen atoms in total. The number of anilines is 1. The highest BCUT2D eigenvalue weighted by Crippen LogP contribution is 2.19. The molecule has 1 amide bonds. The van der Waals surface area contributed by atoms with E-state index >= 15 is 0 Å². The lowest BCUT2D eigenvalue weighted by atomic mass is 10.2. The molecule has 1 aromatic heterocycles. The van der Waals surface area contributed by atoms with Crippen LogP contribution >= 0.6 is 11.3 Å². The van der Waals surface area contributed by atoms with Crippen LogP contribution in [0.3, 0.4) is 0 Å². The smallest absolute Gasteiger partial charge is 0.346 e. The lowest BCUT2D eigenvalue weighted by molar-refractivity contribution is 0.0729. The molecule has 0 aliphatic carbocycles. The van der Waals surface area contributed by atoms with E-state index in [1.807, 2.05) is 5.38 Å². The van der Waals surface area contributed by atoms with E-state index in [2.05, 4.69) is 5.32 Å². The van der Waals surface area contributed by atoms with Crippen LogP contribution in [0.4, 0.5) is 10.1 Å². The summed E-state index contributed by atoms with van der Waals surface area (Å²) in [6.45, 7) is 0. The van der Waals surface area contributed by atoms with Crippen LogP contribution in [0.1, 0.15) is 20.0 Å². The van der Waals surface area contributed by atoms with Crippen LogP contribution in [-0.4, -0.2) is 11.9 Å². The average Bonchev–Trinajstić information content (AvgIpc) is 3.11. The van der Waals surface area contributed by atoms with Gasteiger partial charge in [0.2, 0.25) is 0 Å². The topological polar surface area (TPSA) is 55.4 Å². The molecule has 0 saturated carbocycles. The summed E-state index contributed by atoms with van der Waals surface area (Å²) in [5.41, 5.74) is 0.437. The number of rotatable bonds is 4. The Labute approximate surface area is 141 Å². The maximum absolute atomic E-state index is 13.5. The highest BCUT2D eigenvalue weighted by atomic mass is 32.1. The van der Waals surface area contributed by atoms with Crippen LogP contribution in [0.25, 0.3) is 0 Å². The van der Waals surface area contributed by atoms with Crippen molar-refractivity contribution < 1.29 is 18.7 Å². The summed E-state index contributed by atoms with van der Waals surface area (Å²) in [4.78, 5) is 24.5. The first-order chi connectivity index (χ1) is 11.6. The molecule has 1 N–H and O–H groups in total. The highest BCUT2D eigenvalue weighted by Gasteiger charge is 2.13. The van der Waals surface area contributed by atoms with E-state index in [1.165, 1.54) is 41.7 Å². The van der Waals surface area contributed by atoms with Gasteiger partial charge in [0, 0.05) is 5.69 Å². The summed E-state index contributed by atoms with van der Waals surface area (Å²) in [5.74, 6) is -1.36. The molecule has 24 heavy (non-hydrogen) atoms. The Balaban J connectivity index is 1.65. The van der Waals surface area contributed by atoms with Crippen molar-refractivity contribution in [3.63, 3.8) is 0 Å². The number of carbonyl (C=O) groups excluding carboxylic acids is 2. The Kier molecular flexibility index (Phi) is 4.67. The van der Waals surface area contributed by atoms with Crippen molar-refractivity contribution in [3.05, 3.63) is 82.3 Å². The summed E-state index contributed by atoms with van der Waals surface area (Å²) in [6.07, 6.45) is 0. The predicted molar refractivity (Wildman–Crippen MR) is 90.1 cm³/mol. The summed E-state index contributed by atoms with van der Waals surface area (Å²) >= 11 is 1.34. The number of benzene rings is 2. The second kappa shape index (κ2) is 7.06. The summed E-state index contributed by atoms with van der Waals surface area (Å²) in [6, 6.07) is 15.4. The molecule has 3 aromatic rings. The SMILES string of the molecule is O=C(Nc1ccc(OC(=O)c2ccccc2F)cc1)c1cccs1. The van der Waals surface area contributed by atoms with Crippen molar-refractivity contribution >= 4 is 28.9 Å². The first-order valence-electron chi connectivity index (χ1n) is 7.05. The number of hydrogen-bond acceptors (Lipinski definition) is 4. The van der Waals surface area contributed by atoms with E-state index in [0.717, 1.165) is 0 Å². The molecule has 0 radical (unpaired) electrons. The molecule has 0 aliphatic heterocycles. The van der Waals surface area contributed by atoms with Gasteiger partial charge in [0.25, 0.3) is 5.91 Å². The third-order valence-corrected chi connectivity index (χ3v) is 4.03. The second-order valence-corrected chi connectivity index (χ2v) is 5.77. The molecule has 0 aliphatic rings. The fourth-order valence-corrected chi connectivity index (χ4v) is 2.61. The minimum absolute atomic E-state index is 0.132. The minimum atomic E-state index is -0.775. The predicted octanol–water partition coefficient (Wildman–Crippen LogP) is 4.36. The van der Waals surface area contributed by atoms with Crippen LogP contribution in [0, 0.1) is 5.82 Å². The van der Waals surface area contributed by atoms with Crippen molar-refractivity contribution in [1.82, 2.24) is 0 Å². The fourth-order valence-electron chi connectivity index (χ4n) is 2.00. The minimum Gasteiger partial charge on any atom is -0.423 e. The van der Waals surface area contributed by atoms with Gasteiger partial charge in [-0.1, -0.05) is 18.2 Å². The normalized spacial score (nSPS) is 10.2. The Morgan fingerprint density at radius 1 is 0.958 bits per heavy atom. The molecule has 3 rings (SSSR count). The van der Waals surface area contributed by atoms with Gasteiger partial charge in [0.15, 0.2) is 0 Å². The molecule has 0 atom stereocenters. The van der Waals surface area contributed by atoms with Gasteiger partial charge < -0.3 is 10.1 Å². The molecule has 0 fully saturated rings. The maximum atomic E-state index is 13.5. The van der Waals surface area contributed by atoms with Crippen molar-refractivity contribution in [2.75, 3.05) is 5.32 Å². The number of thiophene rings is 1. The summed E-state index contributed by atoms with van der Waals surface area (Å²) in [7, 11) is 0. The maximum Gasteiger partial charge on any atom is 0.346 e. The molecule has 0 spiro atoms. The van der Waals surface area contributed by atoms with Gasteiger partial charge >= 0.3 is 5.97 Å². The fraction of sp³-hybridized carbons (Fsp3) is 0. The van der Waals surface area contributed by atoms with E-state index in [1.54, 1.807) is 30.3 Å². The molecular formula is C18H12FNO3S. The number of amides is 1. The van der Waals surface area contributed by atoms with E-state index in [9.17, 15) is 14.0 Å². The van der Waals surface area contributed by atoms with E-state index in [0.29, 0.717) is 10.6 Å². The number of esters is 1. The summed E-state index contributed by atoms with van der Waals surface area (Å²) < 4.78 is 18.7. The molecule has 0 bridgehead atoms. The number of nitrogens with one attached hydrogen (secondary N) is 1. The standard InChI is InChI=1S/C18H12FNO3S/c19-15-5-2-1-4-14(15)18(22)23-13-9-7-12(8-10-13)20-17(21)16-6-3-11-24-16/h1-11H,(H,20,21). The van der Waals surface area contributed by atoms with Gasteiger partial charge in [0.1, 0.15) is 11.6 Å². The lowest BCUT2D eigenvalue weighted by Crippen LogP contribution is -2.11. The molecule has 120 valence electrons. The van der Waals surface area contributed by atoms with Crippen molar-refractivity contribution in [1.29, 1.82) is 0 Å². The van der Waals surface area contributed by atoms with Gasteiger partial charge in [-0.05, 0) is 47.8 Å². The van der Waals surface area contributed by atoms with Crippen molar-refractivity contribution in [2.45, 2.75) is 0 Å². The molecule has 0 unspecified atom stereocenters. The van der Waals surface area contributed by atoms with Gasteiger partial charge in [-0.15, -0.1) is 11.3 Å². The van der Waals surface area contributed by atoms with Crippen LogP contribution in [0.5, 0.6) is 5.75 Å². The van der Waals surface area contributed by atoms with Gasteiger partial charge in [-0.2, -0.15) is 0 Å². The third-order valence-electron chi connectivity index (χ3n) is 3.16. The first-order valence-corrected chi connectivity index (χ1v) is 7.93. The zero-order valence-corrected chi connectivity index (χ0v) is 13.2. The highest BCUT2D eigenvalue weighted by molar-refractivity contribution is 7.12. The van der Waals surface area contributed by atoms with Gasteiger partial charge in [-0.3, -0.25) is 4.79 Å². The third kappa shape index (κ3) is 3.67. The molecule has 0 saturated heterocycles. The van der Waals surface area contributed by atoms with Gasteiger partial charge in [-0.25, -0.2) is 9.18 Å². The number of ether oxygens (including phenoxy) is 1. The Hall–Kier alpha value is -2.99. The zero-order valence-electron chi connectivity index (χ0n) is 12.4. The van der Waals surface area contributed by atoms with E-state index < -0.39 is 11.8 Å². The lowest BCUT2D eigenvalue weighted by Gasteiger charge is -2.07. The average molecular weight is 341 g/mol. The van der Waals surface area contributed by atoms with E-state index in [4.69, 9.17) is 4.74 Å². The van der Waals surface area contributed by atoms with Gasteiger partial charge in [0.05, 0.1) is 10.4 Å².